The third-order valence-corrected chi connectivity index (χ3v) is 3.24. The molecule has 1 aromatic heterocycles. The molecule has 3 rings (SSSR count). The standard InChI is InChI=1S/C14H13N3O.ClH/c15-12-6-2-1-5-10(12)11-8-9-4-3-7-16-13(9)17-14(11)18;/h1-7,11H,8,15H2,(H,16,17,18);1H. The van der Waals surface area contributed by atoms with E-state index in [9.17, 15) is 4.79 Å². The first kappa shape index (κ1) is 13.4. The van der Waals surface area contributed by atoms with Crippen molar-refractivity contribution in [1.29, 1.82) is 0 Å². The normalized spacial score (nSPS) is 17.1. The van der Waals surface area contributed by atoms with E-state index in [1.54, 1.807) is 6.20 Å². The smallest absolute Gasteiger partial charge is 0.233 e. The average Bonchev–Trinajstić information content (AvgIpc) is 2.39. The van der Waals surface area contributed by atoms with Crippen LogP contribution < -0.4 is 11.1 Å². The van der Waals surface area contributed by atoms with Crippen molar-refractivity contribution >= 4 is 29.8 Å². The van der Waals surface area contributed by atoms with Crippen molar-refractivity contribution in [3.8, 4) is 0 Å². The van der Waals surface area contributed by atoms with E-state index in [-0.39, 0.29) is 24.2 Å². The summed E-state index contributed by atoms with van der Waals surface area (Å²) < 4.78 is 0. The van der Waals surface area contributed by atoms with Crippen molar-refractivity contribution in [2.45, 2.75) is 12.3 Å². The Kier molecular flexibility index (Phi) is 3.71. The van der Waals surface area contributed by atoms with Gasteiger partial charge in [0.2, 0.25) is 5.91 Å². The van der Waals surface area contributed by atoms with E-state index in [1.165, 1.54) is 0 Å². The van der Waals surface area contributed by atoms with Crippen LogP contribution >= 0.6 is 12.4 Å². The van der Waals surface area contributed by atoms with Crippen molar-refractivity contribution in [2.24, 2.45) is 0 Å². The fraction of sp³-hybridized carbons (Fsp3) is 0.143. The predicted octanol–water partition coefficient (Wildman–Crippen LogP) is 2.36. The molecule has 19 heavy (non-hydrogen) atoms. The third-order valence-electron chi connectivity index (χ3n) is 3.24. The fourth-order valence-electron chi connectivity index (χ4n) is 2.31. The lowest BCUT2D eigenvalue weighted by Gasteiger charge is -2.24. The molecule has 1 amide bonds. The molecule has 1 aliphatic rings. The Morgan fingerprint density at radius 1 is 1.21 bits per heavy atom. The largest absolute Gasteiger partial charge is 0.398 e. The summed E-state index contributed by atoms with van der Waals surface area (Å²) in [7, 11) is 0. The van der Waals surface area contributed by atoms with Gasteiger partial charge in [0.05, 0.1) is 5.92 Å². The van der Waals surface area contributed by atoms with Gasteiger partial charge in [0.1, 0.15) is 5.82 Å². The Bertz CT molecular complexity index is 615. The summed E-state index contributed by atoms with van der Waals surface area (Å²) in [5.74, 6) is 0.384. The molecule has 2 heterocycles. The highest BCUT2D eigenvalue weighted by atomic mass is 35.5. The van der Waals surface area contributed by atoms with Crippen LogP contribution in [-0.2, 0) is 11.2 Å². The molecule has 0 spiro atoms. The van der Waals surface area contributed by atoms with Crippen LogP contribution in [0.4, 0.5) is 11.5 Å². The van der Waals surface area contributed by atoms with Gasteiger partial charge in [-0.05, 0) is 29.7 Å². The zero-order chi connectivity index (χ0) is 12.5. The first-order valence-corrected chi connectivity index (χ1v) is 5.85. The van der Waals surface area contributed by atoms with Crippen LogP contribution in [0.15, 0.2) is 42.6 Å². The quantitative estimate of drug-likeness (QED) is 0.785. The van der Waals surface area contributed by atoms with E-state index in [1.807, 2.05) is 36.4 Å². The van der Waals surface area contributed by atoms with Crippen LogP contribution in [0.25, 0.3) is 0 Å². The lowest BCUT2D eigenvalue weighted by Crippen LogP contribution is -2.29. The van der Waals surface area contributed by atoms with E-state index in [0.29, 0.717) is 17.9 Å². The maximum atomic E-state index is 12.1. The molecule has 3 N–H and O–H groups in total. The Balaban J connectivity index is 0.00000133. The van der Waals surface area contributed by atoms with E-state index >= 15 is 0 Å². The predicted molar refractivity (Wildman–Crippen MR) is 77.4 cm³/mol. The van der Waals surface area contributed by atoms with Crippen LogP contribution in [0, 0.1) is 0 Å². The zero-order valence-corrected chi connectivity index (χ0v) is 11.0. The molecule has 2 aromatic rings. The van der Waals surface area contributed by atoms with Crippen LogP contribution in [0.3, 0.4) is 0 Å². The van der Waals surface area contributed by atoms with Crippen LogP contribution in [0.5, 0.6) is 0 Å². The van der Waals surface area contributed by atoms with Crippen molar-refractivity contribution in [2.75, 3.05) is 11.1 Å². The molecule has 98 valence electrons. The second kappa shape index (κ2) is 5.28. The molecular formula is C14H14ClN3O. The molecule has 0 saturated carbocycles. The van der Waals surface area contributed by atoms with E-state index in [4.69, 9.17) is 5.73 Å². The first-order chi connectivity index (χ1) is 8.75. The lowest BCUT2D eigenvalue weighted by atomic mass is 9.88. The number of para-hydroxylation sites is 1. The molecule has 0 saturated heterocycles. The van der Waals surface area contributed by atoms with Crippen LogP contribution in [0.2, 0.25) is 0 Å². The second-order valence-corrected chi connectivity index (χ2v) is 4.39. The lowest BCUT2D eigenvalue weighted by molar-refractivity contribution is -0.117. The van der Waals surface area contributed by atoms with Gasteiger partial charge in [-0.15, -0.1) is 12.4 Å². The molecule has 5 heteroatoms. The average molecular weight is 276 g/mol. The first-order valence-electron chi connectivity index (χ1n) is 5.85. The Labute approximate surface area is 117 Å². The maximum Gasteiger partial charge on any atom is 0.233 e. The summed E-state index contributed by atoms with van der Waals surface area (Å²) in [6.45, 7) is 0. The minimum absolute atomic E-state index is 0. The van der Waals surface area contributed by atoms with Gasteiger partial charge in [-0.25, -0.2) is 4.98 Å². The number of anilines is 2. The monoisotopic (exact) mass is 275 g/mol. The molecule has 1 aromatic carbocycles. The van der Waals surface area contributed by atoms with Gasteiger partial charge in [-0.2, -0.15) is 0 Å². The number of rotatable bonds is 1. The minimum Gasteiger partial charge on any atom is -0.398 e. The molecular weight excluding hydrogens is 262 g/mol. The highest BCUT2D eigenvalue weighted by Gasteiger charge is 2.29. The van der Waals surface area contributed by atoms with E-state index < -0.39 is 0 Å². The third kappa shape index (κ3) is 2.39. The number of fused-ring (bicyclic) bond motifs is 1. The SMILES string of the molecule is Cl.Nc1ccccc1C1Cc2cccnc2NC1=O. The highest BCUT2D eigenvalue weighted by Crippen LogP contribution is 2.32. The molecule has 4 nitrogen and oxygen atoms in total. The molecule has 0 radical (unpaired) electrons. The van der Waals surface area contributed by atoms with Gasteiger partial charge in [0, 0.05) is 11.9 Å². The number of nitrogens with one attached hydrogen (secondary N) is 1. The number of carbonyl (C=O) groups is 1. The van der Waals surface area contributed by atoms with Gasteiger partial charge >= 0.3 is 0 Å². The van der Waals surface area contributed by atoms with Gasteiger partial charge < -0.3 is 11.1 Å². The molecule has 0 aliphatic carbocycles. The minimum atomic E-state index is -0.233. The van der Waals surface area contributed by atoms with Crippen molar-refractivity contribution < 1.29 is 4.79 Å². The summed E-state index contributed by atoms with van der Waals surface area (Å²) in [6.07, 6.45) is 2.32. The number of carbonyl (C=O) groups excluding carboxylic acids is 1. The second-order valence-electron chi connectivity index (χ2n) is 4.39. The maximum absolute atomic E-state index is 12.1. The number of nitrogens with two attached hydrogens (primary N) is 1. The number of benzene rings is 1. The Morgan fingerprint density at radius 3 is 2.79 bits per heavy atom. The van der Waals surface area contributed by atoms with Gasteiger partial charge in [-0.1, -0.05) is 24.3 Å². The van der Waals surface area contributed by atoms with Crippen molar-refractivity contribution in [3.63, 3.8) is 0 Å². The fourth-order valence-corrected chi connectivity index (χ4v) is 2.31. The number of nitrogen functional groups attached to an aromatic ring is 1. The summed E-state index contributed by atoms with van der Waals surface area (Å²) >= 11 is 0. The van der Waals surface area contributed by atoms with Crippen molar-refractivity contribution in [3.05, 3.63) is 53.7 Å². The Hall–Kier alpha value is -2.07. The number of halogens is 1. The summed E-state index contributed by atoms with van der Waals surface area (Å²) in [4.78, 5) is 16.3. The number of hydrogen-bond acceptors (Lipinski definition) is 3. The number of nitrogens with zero attached hydrogens (tertiary/aromatic N) is 1. The number of hydrogen-bond donors (Lipinski definition) is 2. The zero-order valence-electron chi connectivity index (χ0n) is 10.2. The van der Waals surface area contributed by atoms with E-state index in [2.05, 4.69) is 10.3 Å². The van der Waals surface area contributed by atoms with Gasteiger partial charge in [-0.3, -0.25) is 4.79 Å². The molecule has 0 bridgehead atoms. The molecule has 1 aliphatic heterocycles. The molecule has 1 unspecified atom stereocenters. The van der Waals surface area contributed by atoms with Gasteiger partial charge in [0.15, 0.2) is 0 Å². The summed E-state index contributed by atoms with van der Waals surface area (Å²) in [5.41, 5.74) is 8.52. The Morgan fingerprint density at radius 2 is 2.00 bits per heavy atom. The van der Waals surface area contributed by atoms with E-state index in [0.717, 1.165) is 11.1 Å². The summed E-state index contributed by atoms with van der Waals surface area (Å²) in [5, 5.41) is 2.83. The van der Waals surface area contributed by atoms with Crippen molar-refractivity contribution in [1.82, 2.24) is 4.98 Å². The highest BCUT2D eigenvalue weighted by molar-refractivity contribution is 5.98. The van der Waals surface area contributed by atoms with Crippen LogP contribution in [0.1, 0.15) is 17.0 Å². The van der Waals surface area contributed by atoms with Gasteiger partial charge in [0.25, 0.3) is 0 Å². The number of pyridine rings is 1. The molecule has 1 atom stereocenters. The number of aromatic nitrogens is 1. The van der Waals surface area contributed by atoms with Crippen LogP contribution in [-0.4, -0.2) is 10.9 Å². The summed E-state index contributed by atoms with van der Waals surface area (Å²) in [6, 6.07) is 11.4. The molecule has 0 fully saturated rings. The topological polar surface area (TPSA) is 68.0 Å². The number of amides is 1.